The van der Waals surface area contributed by atoms with Crippen molar-refractivity contribution in [1.82, 2.24) is 9.21 Å². The first-order valence-corrected chi connectivity index (χ1v) is 9.13. The van der Waals surface area contributed by atoms with Crippen LogP contribution in [-0.4, -0.2) is 50.3 Å². The monoisotopic (exact) mass is 312 g/mol. The van der Waals surface area contributed by atoms with Gasteiger partial charge in [-0.25, -0.2) is 8.42 Å². The Balaban J connectivity index is 2.91. The molecule has 5 heteroatoms. The molecule has 0 saturated carbocycles. The van der Waals surface area contributed by atoms with Crippen molar-refractivity contribution in [3.8, 4) is 0 Å². The predicted molar refractivity (Wildman–Crippen MR) is 87.8 cm³/mol. The lowest BCUT2D eigenvalue weighted by Crippen LogP contribution is -2.40. The smallest absolute Gasteiger partial charge is 0.243 e. The highest BCUT2D eigenvalue weighted by Gasteiger charge is 2.25. The van der Waals surface area contributed by atoms with E-state index in [1.165, 1.54) is 0 Å². The summed E-state index contributed by atoms with van der Waals surface area (Å²) < 4.78 is 27.1. The average molecular weight is 312 g/mol. The van der Waals surface area contributed by atoms with Crippen molar-refractivity contribution < 1.29 is 8.42 Å². The third kappa shape index (κ3) is 5.41. The fraction of sp³-hybridized carbons (Fsp3) is 0.625. The molecule has 0 aromatic heterocycles. The molecule has 0 amide bonds. The van der Waals surface area contributed by atoms with Gasteiger partial charge in [-0.05, 0) is 31.1 Å². The zero-order valence-corrected chi connectivity index (χ0v) is 14.4. The summed E-state index contributed by atoms with van der Waals surface area (Å²) in [5, 5.41) is 0. The molecule has 120 valence electrons. The van der Waals surface area contributed by atoms with E-state index < -0.39 is 10.0 Å². The molecule has 1 rings (SSSR count). The number of benzene rings is 1. The number of rotatable bonds is 9. The highest BCUT2D eigenvalue weighted by molar-refractivity contribution is 7.89. The van der Waals surface area contributed by atoms with Gasteiger partial charge < -0.3 is 4.90 Å². The molecule has 0 spiro atoms. The molecule has 0 atom stereocenters. The molecule has 0 aliphatic carbocycles. The maximum absolute atomic E-state index is 12.8. The van der Waals surface area contributed by atoms with Crippen LogP contribution in [0, 0.1) is 5.92 Å². The van der Waals surface area contributed by atoms with E-state index in [0.717, 1.165) is 19.6 Å². The van der Waals surface area contributed by atoms with Crippen LogP contribution in [-0.2, 0) is 10.0 Å². The highest BCUT2D eigenvalue weighted by atomic mass is 32.2. The molecule has 0 fully saturated rings. The molecular weight excluding hydrogens is 284 g/mol. The van der Waals surface area contributed by atoms with Gasteiger partial charge >= 0.3 is 0 Å². The quantitative estimate of drug-likeness (QED) is 0.704. The third-order valence-electron chi connectivity index (χ3n) is 3.51. The third-order valence-corrected chi connectivity index (χ3v) is 5.39. The second-order valence-corrected chi connectivity index (χ2v) is 7.53. The minimum atomic E-state index is -3.40. The number of sulfonamides is 1. The van der Waals surface area contributed by atoms with Crippen LogP contribution in [0.5, 0.6) is 0 Å². The normalized spacial score (nSPS) is 12.5. The molecule has 0 unspecified atom stereocenters. The van der Waals surface area contributed by atoms with E-state index in [2.05, 4.69) is 18.7 Å². The summed E-state index contributed by atoms with van der Waals surface area (Å²) in [5.74, 6) is 0.306. The van der Waals surface area contributed by atoms with Crippen LogP contribution in [0.1, 0.15) is 27.7 Å². The summed E-state index contributed by atoms with van der Waals surface area (Å²) in [6.45, 7) is 12.0. The van der Waals surface area contributed by atoms with E-state index in [-0.39, 0.29) is 0 Å². The Morgan fingerprint density at radius 3 is 2.05 bits per heavy atom. The Labute approximate surface area is 129 Å². The van der Waals surface area contributed by atoms with Crippen molar-refractivity contribution in [1.29, 1.82) is 0 Å². The maximum atomic E-state index is 12.8. The van der Waals surface area contributed by atoms with E-state index in [9.17, 15) is 8.42 Å². The first kappa shape index (κ1) is 18.1. The molecule has 0 aliphatic rings. The van der Waals surface area contributed by atoms with Crippen molar-refractivity contribution in [3.05, 3.63) is 30.3 Å². The number of hydrogen-bond donors (Lipinski definition) is 0. The van der Waals surface area contributed by atoms with Crippen LogP contribution in [0.15, 0.2) is 35.2 Å². The van der Waals surface area contributed by atoms with E-state index >= 15 is 0 Å². The van der Waals surface area contributed by atoms with E-state index in [1.54, 1.807) is 28.6 Å². The second-order valence-electron chi connectivity index (χ2n) is 5.60. The number of hydrogen-bond acceptors (Lipinski definition) is 3. The van der Waals surface area contributed by atoms with E-state index in [0.29, 0.717) is 23.9 Å². The van der Waals surface area contributed by atoms with Gasteiger partial charge in [0.1, 0.15) is 0 Å². The van der Waals surface area contributed by atoms with Crippen molar-refractivity contribution in [3.63, 3.8) is 0 Å². The number of nitrogens with zero attached hydrogens (tertiary/aromatic N) is 2. The molecule has 1 aromatic rings. The Morgan fingerprint density at radius 2 is 1.57 bits per heavy atom. The molecule has 0 heterocycles. The van der Waals surface area contributed by atoms with Gasteiger partial charge in [0.25, 0.3) is 0 Å². The zero-order valence-electron chi connectivity index (χ0n) is 13.6. The van der Waals surface area contributed by atoms with Crippen LogP contribution in [0.2, 0.25) is 0 Å². The summed E-state index contributed by atoms with van der Waals surface area (Å²) in [7, 11) is -3.40. The van der Waals surface area contributed by atoms with Gasteiger partial charge in [-0.15, -0.1) is 0 Å². The average Bonchev–Trinajstić information content (AvgIpc) is 2.47. The Bertz CT molecular complexity index is 496. The highest BCUT2D eigenvalue weighted by Crippen LogP contribution is 2.16. The van der Waals surface area contributed by atoms with Crippen LogP contribution in [0.4, 0.5) is 0 Å². The molecule has 21 heavy (non-hydrogen) atoms. The first-order chi connectivity index (χ1) is 9.91. The SMILES string of the molecule is CCN(CC)CCN(CC(C)C)S(=O)(=O)c1ccccc1. The van der Waals surface area contributed by atoms with Gasteiger partial charge in [0.05, 0.1) is 4.90 Å². The Kier molecular flexibility index (Phi) is 7.35. The largest absolute Gasteiger partial charge is 0.303 e. The van der Waals surface area contributed by atoms with Crippen molar-refractivity contribution in [2.75, 3.05) is 32.7 Å². The summed E-state index contributed by atoms with van der Waals surface area (Å²) in [4.78, 5) is 2.62. The van der Waals surface area contributed by atoms with Crippen molar-refractivity contribution >= 4 is 10.0 Å². The topological polar surface area (TPSA) is 40.6 Å². The minimum Gasteiger partial charge on any atom is -0.303 e. The lowest BCUT2D eigenvalue weighted by Gasteiger charge is -2.27. The molecule has 0 saturated heterocycles. The van der Waals surface area contributed by atoms with Crippen LogP contribution >= 0.6 is 0 Å². The van der Waals surface area contributed by atoms with Crippen LogP contribution in [0.3, 0.4) is 0 Å². The van der Waals surface area contributed by atoms with E-state index in [4.69, 9.17) is 0 Å². The second kappa shape index (κ2) is 8.51. The summed E-state index contributed by atoms with van der Waals surface area (Å²) in [5.41, 5.74) is 0. The molecule has 0 radical (unpaired) electrons. The van der Waals surface area contributed by atoms with Gasteiger partial charge in [-0.1, -0.05) is 45.9 Å². The first-order valence-electron chi connectivity index (χ1n) is 7.69. The van der Waals surface area contributed by atoms with E-state index in [1.807, 2.05) is 19.9 Å². The molecule has 1 aromatic carbocycles. The predicted octanol–water partition coefficient (Wildman–Crippen LogP) is 2.68. The number of likely N-dealkylation sites (N-methyl/N-ethyl adjacent to an activating group) is 1. The lowest BCUT2D eigenvalue weighted by molar-refractivity contribution is 0.262. The lowest BCUT2D eigenvalue weighted by atomic mass is 10.2. The molecule has 0 N–H and O–H groups in total. The Morgan fingerprint density at radius 1 is 1.00 bits per heavy atom. The minimum absolute atomic E-state index is 0.306. The van der Waals surface area contributed by atoms with Gasteiger partial charge in [-0.2, -0.15) is 4.31 Å². The summed E-state index contributed by atoms with van der Waals surface area (Å²) in [6, 6.07) is 8.71. The molecule has 0 bridgehead atoms. The van der Waals surface area contributed by atoms with Gasteiger partial charge in [-0.3, -0.25) is 0 Å². The fourth-order valence-electron chi connectivity index (χ4n) is 2.25. The summed E-state index contributed by atoms with van der Waals surface area (Å²) >= 11 is 0. The summed E-state index contributed by atoms with van der Waals surface area (Å²) in [6.07, 6.45) is 0. The van der Waals surface area contributed by atoms with Crippen LogP contribution in [0.25, 0.3) is 0 Å². The fourth-order valence-corrected chi connectivity index (χ4v) is 3.87. The standard InChI is InChI=1S/C16H28N2O2S/c1-5-17(6-2)12-13-18(14-15(3)4)21(19,20)16-10-8-7-9-11-16/h7-11,15H,5-6,12-14H2,1-4H3. The van der Waals surface area contributed by atoms with Crippen molar-refractivity contribution in [2.24, 2.45) is 5.92 Å². The molecule has 4 nitrogen and oxygen atoms in total. The maximum Gasteiger partial charge on any atom is 0.243 e. The van der Waals surface area contributed by atoms with Crippen LogP contribution < -0.4 is 0 Å². The molecule has 0 aliphatic heterocycles. The van der Waals surface area contributed by atoms with Gasteiger partial charge in [0.15, 0.2) is 0 Å². The Hall–Kier alpha value is -0.910. The van der Waals surface area contributed by atoms with Crippen molar-refractivity contribution in [2.45, 2.75) is 32.6 Å². The van der Waals surface area contributed by atoms with Gasteiger partial charge in [0.2, 0.25) is 10.0 Å². The van der Waals surface area contributed by atoms with Gasteiger partial charge in [0, 0.05) is 19.6 Å². The molecular formula is C16H28N2O2S. The zero-order chi connectivity index (χ0) is 15.9.